The van der Waals surface area contributed by atoms with E-state index in [2.05, 4.69) is 31.5 Å². The normalized spacial score (nSPS) is 21.8. The van der Waals surface area contributed by atoms with Gasteiger partial charge >= 0.3 is 6.36 Å². The number of ether oxygens (including phenoxy) is 3. The van der Waals surface area contributed by atoms with Gasteiger partial charge in [-0.2, -0.15) is 0 Å². The number of nitrogens with zero attached hydrogens (tertiary/aromatic N) is 2. The molecule has 1 aromatic carbocycles. The molecule has 0 amide bonds. The molecule has 0 saturated carbocycles. The summed E-state index contributed by atoms with van der Waals surface area (Å²) in [6.07, 6.45) is -4.96. The molecule has 0 radical (unpaired) electrons. The highest BCUT2D eigenvalue weighted by Crippen LogP contribution is 2.35. The predicted octanol–water partition coefficient (Wildman–Crippen LogP) is 3.17. The number of rotatable bonds is 5. The molecule has 32 heavy (non-hydrogen) atoms. The summed E-state index contributed by atoms with van der Waals surface area (Å²) >= 11 is 0. The molecule has 0 aromatic heterocycles. The molecule has 1 aromatic rings. The highest BCUT2D eigenvalue weighted by molar-refractivity contribution is 5.38. The molecular weight excluding hydrogens is 427 g/mol. The summed E-state index contributed by atoms with van der Waals surface area (Å²) < 4.78 is 52.8. The minimum absolute atomic E-state index is 0.127. The molecule has 7 nitrogen and oxygen atoms in total. The molecule has 2 atom stereocenters. The summed E-state index contributed by atoms with van der Waals surface area (Å²) in [5, 5.41) is 3.38. The van der Waals surface area contributed by atoms with Gasteiger partial charge in [0, 0.05) is 44.3 Å². The molecule has 182 valence electrons. The summed E-state index contributed by atoms with van der Waals surface area (Å²) in [6.45, 7) is 12.9. The van der Waals surface area contributed by atoms with Crippen molar-refractivity contribution in [3.63, 3.8) is 0 Å². The highest BCUT2D eigenvalue weighted by atomic mass is 19.4. The number of benzene rings is 1. The van der Waals surface area contributed by atoms with Crippen molar-refractivity contribution in [1.29, 1.82) is 0 Å². The summed E-state index contributed by atoms with van der Waals surface area (Å²) in [5.74, 6) is -0.127. The third-order valence-electron chi connectivity index (χ3n) is 4.96. The van der Waals surface area contributed by atoms with Crippen LogP contribution in [0.2, 0.25) is 0 Å². The molecular formula is C22H34F3N3O4. The molecule has 2 saturated heterocycles. The number of alkyl halides is 3. The first-order valence-electron chi connectivity index (χ1n) is 10.8. The van der Waals surface area contributed by atoms with E-state index in [9.17, 15) is 18.0 Å². The smallest absolute Gasteiger partial charge is 0.462 e. The Morgan fingerprint density at radius 3 is 2.31 bits per heavy atom. The van der Waals surface area contributed by atoms with Crippen LogP contribution in [-0.4, -0.2) is 80.2 Å². The molecule has 0 spiro atoms. The maximum atomic E-state index is 12.9. The Bertz CT molecular complexity index is 706. The van der Waals surface area contributed by atoms with E-state index >= 15 is 0 Å². The lowest BCUT2D eigenvalue weighted by molar-refractivity contribution is -0.275. The van der Waals surface area contributed by atoms with Crippen LogP contribution < -0.4 is 10.1 Å². The number of para-hydroxylation sites is 1. The lowest BCUT2D eigenvalue weighted by Crippen LogP contribution is -2.55. The van der Waals surface area contributed by atoms with Gasteiger partial charge in [0.05, 0.1) is 19.4 Å². The van der Waals surface area contributed by atoms with E-state index in [-0.39, 0.29) is 23.6 Å². The summed E-state index contributed by atoms with van der Waals surface area (Å²) in [6, 6.07) is 6.74. The topological polar surface area (TPSA) is 63.3 Å². The van der Waals surface area contributed by atoms with Gasteiger partial charge in [-0.15, -0.1) is 13.2 Å². The number of nitrogens with one attached hydrogen (secondary N) is 1. The molecule has 2 aliphatic rings. The first kappa shape index (κ1) is 26.4. The Hall–Kier alpha value is -1.88. The van der Waals surface area contributed by atoms with Crippen LogP contribution in [0.3, 0.4) is 0 Å². The van der Waals surface area contributed by atoms with Gasteiger partial charge in [-0.3, -0.25) is 14.6 Å². The van der Waals surface area contributed by atoms with Crippen LogP contribution in [0, 0.1) is 0 Å². The number of piperazine rings is 1. The Morgan fingerprint density at radius 1 is 1.12 bits per heavy atom. The van der Waals surface area contributed by atoms with E-state index in [0.29, 0.717) is 38.3 Å². The van der Waals surface area contributed by atoms with E-state index in [4.69, 9.17) is 4.74 Å². The minimum Gasteiger partial charge on any atom is -0.462 e. The first-order chi connectivity index (χ1) is 15.0. The van der Waals surface area contributed by atoms with Gasteiger partial charge in [0.1, 0.15) is 11.4 Å². The van der Waals surface area contributed by atoms with E-state index in [0.717, 1.165) is 19.6 Å². The fourth-order valence-corrected chi connectivity index (χ4v) is 3.69. The molecule has 3 rings (SSSR count). The Labute approximate surface area is 187 Å². The van der Waals surface area contributed by atoms with Gasteiger partial charge in [0.15, 0.2) is 0 Å². The van der Waals surface area contributed by atoms with Gasteiger partial charge in [-0.1, -0.05) is 18.2 Å². The monoisotopic (exact) mass is 461 g/mol. The van der Waals surface area contributed by atoms with Crippen LogP contribution in [0.25, 0.3) is 0 Å². The lowest BCUT2D eigenvalue weighted by Gasteiger charge is -2.45. The van der Waals surface area contributed by atoms with Crippen molar-refractivity contribution in [2.24, 2.45) is 0 Å². The van der Waals surface area contributed by atoms with Crippen molar-refractivity contribution >= 4 is 6.47 Å². The zero-order valence-corrected chi connectivity index (χ0v) is 19.2. The average molecular weight is 462 g/mol. The van der Waals surface area contributed by atoms with Gasteiger partial charge < -0.3 is 19.5 Å². The van der Waals surface area contributed by atoms with Crippen LogP contribution in [0.15, 0.2) is 24.3 Å². The SMILES string of the molecule is CC(C)(C)OC=O.CC1CN(C(c2ccccc2OC(F)(F)F)N2CCOCC2)CCN1. The van der Waals surface area contributed by atoms with Gasteiger partial charge in [0.25, 0.3) is 6.47 Å². The first-order valence-corrected chi connectivity index (χ1v) is 10.8. The van der Waals surface area contributed by atoms with Crippen molar-refractivity contribution in [1.82, 2.24) is 15.1 Å². The molecule has 2 fully saturated rings. The maximum Gasteiger partial charge on any atom is 0.573 e. The zero-order chi connectivity index (χ0) is 23.8. The lowest BCUT2D eigenvalue weighted by atomic mass is 10.1. The summed E-state index contributed by atoms with van der Waals surface area (Å²) in [7, 11) is 0. The second-order valence-corrected chi connectivity index (χ2v) is 8.78. The Morgan fingerprint density at radius 2 is 1.78 bits per heavy atom. The minimum atomic E-state index is -4.71. The third kappa shape index (κ3) is 8.93. The largest absolute Gasteiger partial charge is 0.573 e. The maximum absolute atomic E-state index is 12.9. The second-order valence-electron chi connectivity index (χ2n) is 8.78. The predicted molar refractivity (Wildman–Crippen MR) is 114 cm³/mol. The van der Waals surface area contributed by atoms with Crippen molar-refractivity contribution in [3.8, 4) is 5.75 Å². The van der Waals surface area contributed by atoms with Crippen LogP contribution in [-0.2, 0) is 14.3 Å². The van der Waals surface area contributed by atoms with Gasteiger partial charge in [-0.05, 0) is 33.8 Å². The number of hydrogen-bond acceptors (Lipinski definition) is 7. The summed E-state index contributed by atoms with van der Waals surface area (Å²) in [4.78, 5) is 14.0. The molecule has 0 aliphatic carbocycles. The number of hydrogen-bond donors (Lipinski definition) is 1. The Balaban J connectivity index is 0.000000451. The Kier molecular flexibility index (Phi) is 9.75. The molecule has 1 N–H and O–H groups in total. The molecule has 2 unspecified atom stereocenters. The number of carbonyl (C=O) groups is 1. The standard InChI is InChI=1S/C17H24F3N3O2.C5H10O2/c1-13-12-23(7-6-21-13)16(22-8-10-24-11-9-22)14-4-2-3-5-15(14)25-17(18,19)20;1-5(2,3)7-4-6/h2-5,13,16,21H,6-12H2,1H3;4H,1-3H3. The molecule has 2 aliphatic heterocycles. The summed E-state index contributed by atoms with van der Waals surface area (Å²) in [5.41, 5.74) is 0.234. The molecule has 10 heteroatoms. The van der Waals surface area contributed by atoms with Crippen LogP contribution >= 0.6 is 0 Å². The third-order valence-corrected chi connectivity index (χ3v) is 4.96. The van der Waals surface area contributed by atoms with Crippen LogP contribution in [0.1, 0.15) is 39.4 Å². The van der Waals surface area contributed by atoms with Crippen molar-refractivity contribution in [2.75, 3.05) is 45.9 Å². The number of carbonyl (C=O) groups excluding carboxylic acids is 1. The fraction of sp³-hybridized carbons (Fsp3) is 0.682. The average Bonchev–Trinajstić information content (AvgIpc) is 2.69. The van der Waals surface area contributed by atoms with E-state index < -0.39 is 6.36 Å². The van der Waals surface area contributed by atoms with Crippen molar-refractivity contribution < 1.29 is 32.2 Å². The molecule has 2 heterocycles. The highest BCUT2D eigenvalue weighted by Gasteiger charge is 2.36. The van der Waals surface area contributed by atoms with Crippen LogP contribution in [0.5, 0.6) is 5.75 Å². The fourth-order valence-electron chi connectivity index (χ4n) is 3.69. The van der Waals surface area contributed by atoms with Gasteiger partial charge in [-0.25, -0.2) is 0 Å². The van der Waals surface area contributed by atoms with Crippen molar-refractivity contribution in [2.45, 2.75) is 51.9 Å². The van der Waals surface area contributed by atoms with Gasteiger partial charge in [0.2, 0.25) is 0 Å². The van der Waals surface area contributed by atoms with E-state index in [1.54, 1.807) is 18.2 Å². The van der Waals surface area contributed by atoms with Crippen LogP contribution in [0.4, 0.5) is 13.2 Å². The van der Waals surface area contributed by atoms with Crippen molar-refractivity contribution in [3.05, 3.63) is 29.8 Å². The molecule has 0 bridgehead atoms. The number of halogens is 3. The van der Waals surface area contributed by atoms with E-state index in [1.807, 2.05) is 20.8 Å². The van der Waals surface area contributed by atoms with E-state index in [1.165, 1.54) is 6.07 Å². The quantitative estimate of drug-likeness (QED) is 0.676. The zero-order valence-electron chi connectivity index (χ0n) is 19.2. The second kappa shape index (κ2) is 11.8. The number of morpholine rings is 1.